The van der Waals surface area contributed by atoms with Gasteiger partial charge in [-0.1, -0.05) is 28.1 Å². The zero-order valence-electron chi connectivity index (χ0n) is 7.40. The summed E-state index contributed by atoms with van der Waals surface area (Å²) in [4.78, 5) is 10.8. The number of primary amides is 1. The summed E-state index contributed by atoms with van der Waals surface area (Å²) in [6, 6.07) is 9.33. The van der Waals surface area contributed by atoms with Crippen LogP contribution in [0.3, 0.4) is 0 Å². The number of amides is 1. The van der Waals surface area contributed by atoms with E-state index in [9.17, 15) is 4.79 Å². The van der Waals surface area contributed by atoms with Gasteiger partial charge in [0.05, 0.1) is 6.07 Å². The van der Waals surface area contributed by atoms with Crippen LogP contribution in [0.2, 0.25) is 0 Å². The Kier molecular flexibility index (Phi) is 3.66. The first kappa shape index (κ1) is 10.7. The van der Waals surface area contributed by atoms with E-state index < -0.39 is 11.8 Å². The number of rotatable bonds is 3. The first-order valence-corrected chi connectivity index (χ1v) is 4.86. The van der Waals surface area contributed by atoms with E-state index in [1.165, 1.54) is 0 Å². The number of carbonyl (C=O) groups is 1. The molecule has 1 atom stereocenters. The van der Waals surface area contributed by atoms with E-state index >= 15 is 0 Å². The Morgan fingerprint density at radius 3 is 2.50 bits per heavy atom. The number of carbonyl (C=O) groups excluding carboxylic acids is 1. The van der Waals surface area contributed by atoms with Crippen molar-refractivity contribution in [2.45, 2.75) is 6.42 Å². The molecular weight excluding hydrogens is 244 g/mol. The van der Waals surface area contributed by atoms with Gasteiger partial charge in [0.15, 0.2) is 0 Å². The summed E-state index contributed by atoms with van der Waals surface area (Å²) in [5, 5.41) is 8.65. The normalized spacial score (nSPS) is 11.7. The predicted octanol–water partition coefficient (Wildman–Crippen LogP) is 1.62. The SMILES string of the molecule is N#CC(Cc1ccc(Br)cc1)C(N)=O. The molecule has 4 heteroatoms. The number of nitrogens with zero attached hydrogens (tertiary/aromatic N) is 1. The van der Waals surface area contributed by atoms with Gasteiger partial charge in [0, 0.05) is 4.47 Å². The van der Waals surface area contributed by atoms with Crippen molar-refractivity contribution in [1.29, 1.82) is 5.26 Å². The van der Waals surface area contributed by atoms with Gasteiger partial charge in [-0.3, -0.25) is 4.79 Å². The van der Waals surface area contributed by atoms with E-state index in [4.69, 9.17) is 11.0 Å². The third-order valence-corrected chi connectivity index (χ3v) is 2.38. The van der Waals surface area contributed by atoms with Crippen LogP contribution in [0, 0.1) is 17.2 Å². The molecule has 72 valence electrons. The summed E-state index contributed by atoms with van der Waals surface area (Å²) in [5.74, 6) is -1.31. The van der Waals surface area contributed by atoms with Crippen LogP contribution in [-0.4, -0.2) is 5.91 Å². The Labute approximate surface area is 90.7 Å². The number of hydrogen-bond acceptors (Lipinski definition) is 2. The van der Waals surface area contributed by atoms with E-state index in [-0.39, 0.29) is 0 Å². The third-order valence-electron chi connectivity index (χ3n) is 1.85. The molecule has 0 spiro atoms. The second-order valence-electron chi connectivity index (χ2n) is 2.91. The minimum absolute atomic E-state index is 0.374. The molecule has 3 nitrogen and oxygen atoms in total. The Bertz CT molecular complexity index is 367. The average molecular weight is 253 g/mol. The smallest absolute Gasteiger partial charge is 0.235 e. The van der Waals surface area contributed by atoms with Crippen molar-refractivity contribution in [3.05, 3.63) is 34.3 Å². The third kappa shape index (κ3) is 2.86. The van der Waals surface area contributed by atoms with Crippen LogP contribution >= 0.6 is 15.9 Å². The highest BCUT2D eigenvalue weighted by molar-refractivity contribution is 9.10. The molecular formula is C10H9BrN2O. The van der Waals surface area contributed by atoms with Crippen LogP contribution in [-0.2, 0) is 11.2 Å². The first-order chi connectivity index (χ1) is 6.63. The van der Waals surface area contributed by atoms with Crippen molar-refractivity contribution in [2.24, 2.45) is 11.7 Å². The van der Waals surface area contributed by atoms with Crippen molar-refractivity contribution in [1.82, 2.24) is 0 Å². The van der Waals surface area contributed by atoms with Crippen molar-refractivity contribution in [2.75, 3.05) is 0 Å². The minimum Gasteiger partial charge on any atom is -0.369 e. The molecule has 0 aliphatic heterocycles. The predicted molar refractivity (Wildman–Crippen MR) is 56.1 cm³/mol. The van der Waals surface area contributed by atoms with Gasteiger partial charge in [0.1, 0.15) is 5.92 Å². The molecule has 0 radical (unpaired) electrons. The molecule has 0 aromatic heterocycles. The number of halogens is 1. The average Bonchev–Trinajstić information content (AvgIpc) is 2.16. The topological polar surface area (TPSA) is 66.9 Å². The quantitative estimate of drug-likeness (QED) is 0.889. The Balaban J connectivity index is 2.74. The molecule has 1 amide bonds. The number of benzene rings is 1. The van der Waals surface area contributed by atoms with E-state index in [0.29, 0.717) is 6.42 Å². The zero-order chi connectivity index (χ0) is 10.6. The standard InChI is InChI=1S/C10H9BrN2O/c11-9-3-1-7(2-4-9)5-8(6-12)10(13)14/h1-4,8H,5H2,(H2,13,14). The Morgan fingerprint density at radius 2 is 2.07 bits per heavy atom. The molecule has 0 heterocycles. The van der Waals surface area contributed by atoms with Crippen molar-refractivity contribution in [3.8, 4) is 6.07 Å². The highest BCUT2D eigenvalue weighted by Gasteiger charge is 2.14. The fraction of sp³-hybridized carbons (Fsp3) is 0.200. The maximum absolute atomic E-state index is 10.8. The van der Waals surface area contributed by atoms with Gasteiger partial charge in [-0.2, -0.15) is 5.26 Å². The van der Waals surface area contributed by atoms with E-state index in [1.54, 1.807) is 0 Å². The highest BCUT2D eigenvalue weighted by Crippen LogP contribution is 2.13. The fourth-order valence-electron chi connectivity index (χ4n) is 1.07. The van der Waals surface area contributed by atoms with E-state index in [0.717, 1.165) is 10.0 Å². The van der Waals surface area contributed by atoms with Gasteiger partial charge < -0.3 is 5.73 Å². The van der Waals surface area contributed by atoms with Gasteiger partial charge in [-0.25, -0.2) is 0 Å². The Hall–Kier alpha value is -1.34. The maximum atomic E-state index is 10.8. The molecule has 0 bridgehead atoms. The molecule has 0 aliphatic carbocycles. The lowest BCUT2D eigenvalue weighted by Crippen LogP contribution is -2.23. The number of nitriles is 1. The summed E-state index contributed by atoms with van der Waals surface area (Å²) in [6.07, 6.45) is 0.374. The monoisotopic (exact) mass is 252 g/mol. The van der Waals surface area contributed by atoms with Crippen LogP contribution in [0.4, 0.5) is 0 Å². The van der Waals surface area contributed by atoms with E-state index in [1.807, 2.05) is 30.3 Å². The molecule has 1 rings (SSSR count). The van der Waals surface area contributed by atoms with Gasteiger partial charge in [0.2, 0.25) is 5.91 Å². The molecule has 2 N–H and O–H groups in total. The Morgan fingerprint density at radius 1 is 1.50 bits per heavy atom. The number of hydrogen-bond donors (Lipinski definition) is 1. The molecule has 0 saturated heterocycles. The summed E-state index contributed by atoms with van der Waals surface area (Å²) in [7, 11) is 0. The van der Waals surface area contributed by atoms with Crippen LogP contribution < -0.4 is 5.73 Å². The van der Waals surface area contributed by atoms with Gasteiger partial charge in [0.25, 0.3) is 0 Å². The fourth-order valence-corrected chi connectivity index (χ4v) is 1.33. The van der Waals surface area contributed by atoms with Crippen molar-refractivity contribution >= 4 is 21.8 Å². The number of nitrogens with two attached hydrogens (primary N) is 1. The van der Waals surface area contributed by atoms with Crippen LogP contribution in [0.15, 0.2) is 28.7 Å². The highest BCUT2D eigenvalue weighted by atomic mass is 79.9. The van der Waals surface area contributed by atoms with Crippen molar-refractivity contribution < 1.29 is 4.79 Å². The maximum Gasteiger partial charge on any atom is 0.235 e. The first-order valence-electron chi connectivity index (χ1n) is 4.07. The lowest BCUT2D eigenvalue weighted by molar-refractivity contribution is -0.120. The molecule has 1 unspecified atom stereocenters. The van der Waals surface area contributed by atoms with Crippen LogP contribution in [0.1, 0.15) is 5.56 Å². The van der Waals surface area contributed by atoms with Crippen molar-refractivity contribution in [3.63, 3.8) is 0 Å². The summed E-state index contributed by atoms with van der Waals surface area (Å²) in [5.41, 5.74) is 5.98. The molecule has 0 fully saturated rings. The summed E-state index contributed by atoms with van der Waals surface area (Å²) < 4.78 is 0.967. The van der Waals surface area contributed by atoms with Crippen LogP contribution in [0.25, 0.3) is 0 Å². The minimum atomic E-state index is -0.740. The molecule has 0 aliphatic rings. The lowest BCUT2D eigenvalue weighted by atomic mass is 10.0. The largest absolute Gasteiger partial charge is 0.369 e. The van der Waals surface area contributed by atoms with E-state index in [2.05, 4.69) is 15.9 Å². The molecule has 1 aromatic carbocycles. The van der Waals surface area contributed by atoms with Crippen LogP contribution in [0.5, 0.6) is 0 Å². The summed E-state index contributed by atoms with van der Waals surface area (Å²) in [6.45, 7) is 0. The second kappa shape index (κ2) is 4.77. The molecule has 14 heavy (non-hydrogen) atoms. The van der Waals surface area contributed by atoms with Gasteiger partial charge in [-0.15, -0.1) is 0 Å². The molecule has 1 aromatic rings. The van der Waals surface area contributed by atoms with Gasteiger partial charge >= 0.3 is 0 Å². The molecule has 0 saturated carbocycles. The summed E-state index contributed by atoms with van der Waals surface area (Å²) >= 11 is 3.30. The lowest BCUT2D eigenvalue weighted by Gasteiger charge is -2.04. The zero-order valence-corrected chi connectivity index (χ0v) is 8.99. The second-order valence-corrected chi connectivity index (χ2v) is 3.83. The van der Waals surface area contributed by atoms with Gasteiger partial charge in [-0.05, 0) is 24.1 Å².